The summed E-state index contributed by atoms with van der Waals surface area (Å²) in [6.07, 6.45) is 10.6. The van der Waals surface area contributed by atoms with Crippen molar-refractivity contribution in [3.8, 4) is 0 Å². The lowest BCUT2D eigenvalue weighted by molar-refractivity contribution is 0.197. The van der Waals surface area contributed by atoms with Gasteiger partial charge in [0.2, 0.25) is 0 Å². The molecule has 4 rings (SSSR count). The second kappa shape index (κ2) is 8.87. The van der Waals surface area contributed by atoms with Gasteiger partial charge in [0.15, 0.2) is 5.96 Å². The van der Waals surface area contributed by atoms with E-state index in [1.807, 2.05) is 7.05 Å². The second-order valence-electron chi connectivity index (χ2n) is 8.42. The molecule has 3 aliphatic rings. The van der Waals surface area contributed by atoms with Crippen LogP contribution < -0.4 is 10.6 Å². The van der Waals surface area contributed by atoms with Gasteiger partial charge in [0, 0.05) is 48.4 Å². The van der Waals surface area contributed by atoms with E-state index in [-0.39, 0.29) is 0 Å². The summed E-state index contributed by atoms with van der Waals surface area (Å²) in [6.45, 7) is 3.48. The molecule has 5 heteroatoms. The van der Waals surface area contributed by atoms with Gasteiger partial charge >= 0.3 is 0 Å². The fourth-order valence-corrected chi connectivity index (χ4v) is 5.98. The van der Waals surface area contributed by atoms with Crippen LogP contribution in [0.1, 0.15) is 51.4 Å². The van der Waals surface area contributed by atoms with Crippen LogP contribution in [0.2, 0.25) is 0 Å². The number of nitrogens with one attached hydrogen (secondary N) is 2. The number of nitrogens with zero attached hydrogens (tertiary/aromatic N) is 2. The maximum Gasteiger partial charge on any atom is 0.191 e. The quantitative estimate of drug-likeness (QED) is 0.575. The van der Waals surface area contributed by atoms with Gasteiger partial charge < -0.3 is 15.5 Å². The molecule has 2 N–H and O–H groups in total. The molecule has 1 heterocycles. The molecular weight excluding hydrogens is 352 g/mol. The van der Waals surface area contributed by atoms with Gasteiger partial charge in [-0.05, 0) is 50.7 Å². The molecule has 1 aliphatic heterocycles. The van der Waals surface area contributed by atoms with Crippen molar-refractivity contribution in [2.75, 3.05) is 26.7 Å². The van der Waals surface area contributed by atoms with Gasteiger partial charge in [-0.15, -0.1) is 11.8 Å². The Morgan fingerprint density at radius 1 is 1.11 bits per heavy atom. The van der Waals surface area contributed by atoms with Crippen molar-refractivity contribution >= 4 is 17.7 Å². The van der Waals surface area contributed by atoms with Gasteiger partial charge in [0.1, 0.15) is 0 Å². The van der Waals surface area contributed by atoms with E-state index in [0.717, 1.165) is 18.5 Å². The molecule has 0 atom stereocenters. The molecule has 148 valence electrons. The highest BCUT2D eigenvalue weighted by Gasteiger charge is 2.35. The van der Waals surface area contributed by atoms with Crippen LogP contribution in [-0.4, -0.2) is 54.4 Å². The topological polar surface area (TPSA) is 39.7 Å². The third-order valence-corrected chi connectivity index (χ3v) is 7.82. The van der Waals surface area contributed by atoms with E-state index in [0.29, 0.717) is 10.8 Å². The minimum absolute atomic E-state index is 0.300. The van der Waals surface area contributed by atoms with Crippen molar-refractivity contribution in [2.45, 2.75) is 73.1 Å². The number of piperidine rings is 1. The van der Waals surface area contributed by atoms with Gasteiger partial charge in [-0.25, -0.2) is 0 Å². The molecule has 0 aromatic heterocycles. The Hall–Kier alpha value is -1.20. The van der Waals surface area contributed by atoms with Crippen molar-refractivity contribution in [3.05, 3.63) is 30.3 Å². The molecule has 3 fully saturated rings. The first kappa shape index (κ1) is 19.1. The first-order valence-corrected chi connectivity index (χ1v) is 11.5. The van der Waals surface area contributed by atoms with E-state index < -0.39 is 0 Å². The Morgan fingerprint density at radius 2 is 1.81 bits per heavy atom. The molecule has 4 nitrogen and oxygen atoms in total. The normalized spacial score (nSPS) is 24.1. The Bertz CT molecular complexity index is 614. The van der Waals surface area contributed by atoms with E-state index in [1.54, 1.807) is 0 Å². The number of rotatable bonds is 6. The Labute approximate surface area is 168 Å². The largest absolute Gasteiger partial charge is 0.355 e. The van der Waals surface area contributed by atoms with Crippen molar-refractivity contribution < 1.29 is 0 Å². The predicted molar refractivity (Wildman–Crippen MR) is 116 cm³/mol. The summed E-state index contributed by atoms with van der Waals surface area (Å²) in [5.41, 5.74) is 0. The van der Waals surface area contributed by atoms with E-state index in [9.17, 15) is 0 Å². The Balaban J connectivity index is 1.28. The Morgan fingerprint density at radius 3 is 2.44 bits per heavy atom. The molecule has 0 unspecified atom stereocenters. The first-order chi connectivity index (χ1) is 13.3. The summed E-state index contributed by atoms with van der Waals surface area (Å²) in [6, 6.07) is 12.3. The number of benzene rings is 1. The van der Waals surface area contributed by atoms with Gasteiger partial charge in [-0.1, -0.05) is 31.0 Å². The highest BCUT2D eigenvalue weighted by Crippen LogP contribution is 2.44. The van der Waals surface area contributed by atoms with Crippen molar-refractivity contribution in [3.63, 3.8) is 0 Å². The van der Waals surface area contributed by atoms with Gasteiger partial charge in [-0.2, -0.15) is 0 Å². The van der Waals surface area contributed by atoms with Gasteiger partial charge in [0.25, 0.3) is 0 Å². The summed E-state index contributed by atoms with van der Waals surface area (Å²) in [4.78, 5) is 8.58. The molecule has 1 saturated heterocycles. The van der Waals surface area contributed by atoms with Crippen molar-refractivity contribution in [1.82, 2.24) is 15.5 Å². The molecule has 0 radical (unpaired) electrons. The highest BCUT2D eigenvalue weighted by atomic mass is 32.2. The van der Waals surface area contributed by atoms with Crippen LogP contribution in [0, 0.1) is 0 Å². The number of hydrogen-bond donors (Lipinski definition) is 2. The molecule has 2 saturated carbocycles. The van der Waals surface area contributed by atoms with Crippen molar-refractivity contribution in [1.29, 1.82) is 0 Å². The zero-order valence-electron chi connectivity index (χ0n) is 16.6. The first-order valence-electron chi connectivity index (χ1n) is 10.7. The predicted octanol–water partition coefficient (Wildman–Crippen LogP) is 3.88. The smallest absolute Gasteiger partial charge is 0.191 e. The third-order valence-electron chi connectivity index (χ3n) is 6.33. The minimum atomic E-state index is 0.300. The minimum Gasteiger partial charge on any atom is -0.355 e. The monoisotopic (exact) mass is 386 g/mol. The summed E-state index contributed by atoms with van der Waals surface area (Å²) >= 11 is 2.06. The molecule has 2 aliphatic carbocycles. The zero-order valence-corrected chi connectivity index (χ0v) is 17.4. The molecule has 1 aromatic carbocycles. The number of likely N-dealkylation sites (tertiary alicyclic amines) is 1. The van der Waals surface area contributed by atoms with Crippen LogP contribution in [0.3, 0.4) is 0 Å². The van der Waals surface area contributed by atoms with Crippen molar-refractivity contribution in [2.24, 2.45) is 4.99 Å². The summed E-state index contributed by atoms with van der Waals surface area (Å²) in [5, 5.41) is 7.36. The Kier molecular flexibility index (Phi) is 6.28. The van der Waals surface area contributed by atoms with E-state index in [4.69, 9.17) is 0 Å². The maximum absolute atomic E-state index is 4.52. The third kappa shape index (κ3) is 5.20. The molecule has 0 amide bonds. The fourth-order valence-electron chi connectivity index (χ4n) is 4.55. The highest BCUT2D eigenvalue weighted by molar-refractivity contribution is 8.00. The van der Waals surface area contributed by atoms with Crippen LogP contribution >= 0.6 is 11.8 Å². The van der Waals surface area contributed by atoms with Gasteiger partial charge in [-0.3, -0.25) is 4.99 Å². The standard InChI is InChI=1S/C22H34N4S/c1-23-21(25-18-11-15-26(16-12-18)19-9-10-19)24-17-22(13-5-6-14-22)27-20-7-3-2-4-8-20/h2-4,7-8,18-19H,5-6,9-17H2,1H3,(H2,23,24,25). The lowest BCUT2D eigenvalue weighted by Gasteiger charge is -2.34. The molecular formula is C22H34N4S. The van der Waals surface area contributed by atoms with E-state index in [2.05, 4.69) is 62.6 Å². The van der Waals surface area contributed by atoms with E-state index >= 15 is 0 Å². The van der Waals surface area contributed by atoms with Crippen LogP contribution in [0.4, 0.5) is 0 Å². The molecule has 27 heavy (non-hydrogen) atoms. The fraction of sp³-hybridized carbons (Fsp3) is 0.682. The van der Waals surface area contributed by atoms with Gasteiger partial charge in [0.05, 0.1) is 0 Å². The molecule has 1 aromatic rings. The average Bonchev–Trinajstić information content (AvgIpc) is 3.46. The summed E-state index contributed by atoms with van der Waals surface area (Å²) < 4.78 is 0.300. The van der Waals surface area contributed by atoms with Crippen LogP contribution in [0.5, 0.6) is 0 Å². The second-order valence-corrected chi connectivity index (χ2v) is 9.96. The zero-order chi connectivity index (χ0) is 18.5. The number of thioether (sulfide) groups is 1. The summed E-state index contributed by atoms with van der Waals surface area (Å²) in [7, 11) is 1.90. The number of aliphatic imine (C=N–C) groups is 1. The average molecular weight is 387 g/mol. The maximum atomic E-state index is 4.52. The molecule has 0 bridgehead atoms. The SMILES string of the molecule is CN=C(NCC1(Sc2ccccc2)CCCC1)NC1CCN(C2CC2)CC1. The number of guanidine groups is 1. The molecule has 0 spiro atoms. The number of hydrogen-bond acceptors (Lipinski definition) is 3. The van der Waals surface area contributed by atoms with E-state index in [1.165, 1.54) is 69.4 Å². The summed E-state index contributed by atoms with van der Waals surface area (Å²) in [5.74, 6) is 0.986. The van der Waals surface area contributed by atoms with Crippen LogP contribution in [0.15, 0.2) is 40.2 Å². The lowest BCUT2D eigenvalue weighted by Crippen LogP contribution is -2.51. The van der Waals surface area contributed by atoms with Crippen LogP contribution in [0.25, 0.3) is 0 Å². The van der Waals surface area contributed by atoms with Crippen LogP contribution in [-0.2, 0) is 0 Å². The lowest BCUT2D eigenvalue weighted by atomic mass is 10.0.